The van der Waals surface area contributed by atoms with Crippen LogP contribution in [0.5, 0.6) is 0 Å². The number of halogens is 3. The van der Waals surface area contributed by atoms with E-state index >= 15 is 0 Å². The Morgan fingerprint density at radius 1 is 1.21 bits per heavy atom. The summed E-state index contributed by atoms with van der Waals surface area (Å²) in [7, 11) is 5.11. The van der Waals surface area contributed by atoms with Gasteiger partial charge in [-0.25, -0.2) is 0 Å². The maximum atomic E-state index is 12.0. The van der Waals surface area contributed by atoms with E-state index in [1.165, 1.54) is 7.05 Å². The number of hydrogen-bond donors (Lipinski definition) is 2. The van der Waals surface area contributed by atoms with Crippen LogP contribution in [0.25, 0.3) is 0 Å². The Morgan fingerprint density at radius 3 is 2.37 bits per heavy atom. The number of nitrogens with zero attached hydrogens (tertiary/aromatic N) is 2. The molecule has 0 rings (SSSR count). The van der Waals surface area contributed by atoms with E-state index in [9.17, 15) is 13.2 Å². The van der Waals surface area contributed by atoms with E-state index < -0.39 is 12.6 Å². The summed E-state index contributed by atoms with van der Waals surface area (Å²) in [6.45, 7) is 2.63. The average molecular weight is 284 g/mol. The van der Waals surface area contributed by atoms with Gasteiger partial charge in [-0.2, -0.15) is 13.2 Å². The molecule has 0 radical (unpaired) electrons. The number of methoxy groups -OCH3 is 1. The molecule has 5 nitrogen and oxygen atoms in total. The zero-order chi connectivity index (χ0) is 14.7. The minimum absolute atomic E-state index is 0.178. The lowest BCUT2D eigenvalue weighted by Gasteiger charge is -2.18. The van der Waals surface area contributed by atoms with Crippen LogP contribution in [0.1, 0.15) is 6.42 Å². The number of hydrogen-bond acceptors (Lipinski definition) is 3. The number of rotatable bonds is 8. The Morgan fingerprint density at radius 2 is 1.84 bits per heavy atom. The first-order valence-electron chi connectivity index (χ1n) is 6.08. The zero-order valence-corrected chi connectivity index (χ0v) is 11.7. The minimum atomic E-state index is -4.15. The maximum Gasteiger partial charge on any atom is 0.390 e. The summed E-state index contributed by atoms with van der Waals surface area (Å²) in [5, 5.41) is 5.57. The predicted molar refractivity (Wildman–Crippen MR) is 69.4 cm³/mol. The minimum Gasteiger partial charge on any atom is -0.383 e. The van der Waals surface area contributed by atoms with E-state index in [0.717, 1.165) is 13.1 Å². The molecule has 8 heteroatoms. The predicted octanol–water partition coefficient (Wildman–Crippen LogP) is 0.682. The van der Waals surface area contributed by atoms with Gasteiger partial charge >= 0.3 is 6.18 Å². The summed E-state index contributed by atoms with van der Waals surface area (Å²) in [5.41, 5.74) is 0. The topological polar surface area (TPSA) is 48.9 Å². The fraction of sp³-hybridized carbons (Fsp3) is 0.909. The van der Waals surface area contributed by atoms with E-state index in [2.05, 4.69) is 20.5 Å². The van der Waals surface area contributed by atoms with Gasteiger partial charge in [0.05, 0.1) is 13.0 Å². The molecule has 0 aromatic heterocycles. The van der Waals surface area contributed by atoms with Crippen molar-refractivity contribution in [1.29, 1.82) is 0 Å². The molecular formula is C11H23F3N4O. The number of alkyl halides is 3. The van der Waals surface area contributed by atoms with Crippen molar-refractivity contribution in [3.8, 4) is 0 Å². The normalized spacial score (nSPS) is 12.9. The van der Waals surface area contributed by atoms with Gasteiger partial charge in [-0.05, 0) is 7.05 Å². The molecule has 0 heterocycles. The summed E-state index contributed by atoms with van der Waals surface area (Å²) >= 11 is 0. The standard InChI is InChI=1S/C11H23F3N4O/c1-15-10(16-5-4-11(12,13)14)17-6-7-18(2)8-9-19-3/h4-9H2,1-3H3,(H2,15,16,17). The van der Waals surface area contributed by atoms with E-state index in [-0.39, 0.29) is 6.54 Å². The highest BCUT2D eigenvalue weighted by molar-refractivity contribution is 5.79. The summed E-state index contributed by atoms with van der Waals surface area (Å²) in [5.74, 6) is 0.379. The SMILES string of the molecule is CN=C(NCCN(C)CCOC)NCCC(F)(F)F. The van der Waals surface area contributed by atoms with E-state index in [4.69, 9.17) is 4.74 Å². The molecule has 0 atom stereocenters. The summed E-state index contributed by atoms with van der Waals surface area (Å²) < 4.78 is 40.8. The fourth-order valence-corrected chi connectivity index (χ4v) is 1.27. The molecule has 0 amide bonds. The van der Waals surface area contributed by atoms with Gasteiger partial charge in [-0.3, -0.25) is 4.99 Å². The highest BCUT2D eigenvalue weighted by Crippen LogP contribution is 2.17. The quantitative estimate of drug-likeness (QED) is 0.508. The highest BCUT2D eigenvalue weighted by atomic mass is 19.4. The molecule has 0 fully saturated rings. The second-order valence-corrected chi connectivity index (χ2v) is 4.09. The third-order valence-electron chi connectivity index (χ3n) is 2.39. The molecule has 0 aliphatic rings. The molecular weight excluding hydrogens is 261 g/mol. The molecule has 0 aliphatic heterocycles. The molecule has 0 aromatic rings. The second kappa shape index (κ2) is 9.85. The summed E-state index contributed by atoms with van der Waals surface area (Å²) in [4.78, 5) is 5.91. The van der Waals surface area contributed by atoms with Gasteiger partial charge in [-0.15, -0.1) is 0 Å². The van der Waals surface area contributed by atoms with E-state index in [1.807, 2.05) is 7.05 Å². The smallest absolute Gasteiger partial charge is 0.383 e. The Kier molecular flexibility index (Phi) is 9.32. The Labute approximate surface area is 112 Å². The Bertz CT molecular complexity index is 259. The van der Waals surface area contributed by atoms with Crippen LogP contribution in [0.15, 0.2) is 4.99 Å². The molecule has 0 bridgehead atoms. The van der Waals surface area contributed by atoms with Crippen molar-refractivity contribution in [3.05, 3.63) is 0 Å². The lowest BCUT2D eigenvalue weighted by atomic mass is 10.4. The van der Waals surface area contributed by atoms with Crippen molar-refractivity contribution in [3.63, 3.8) is 0 Å². The first kappa shape index (κ1) is 18.0. The third kappa shape index (κ3) is 11.8. The van der Waals surface area contributed by atoms with Crippen LogP contribution in [0.2, 0.25) is 0 Å². The van der Waals surface area contributed by atoms with Crippen molar-refractivity contribution in [2.24, 2.45) is 4.99 Å². The van der Waals surface area contributed by atoms with Gasteiger partial charge in [0.25, 0.3) is 0 Å². The van der Waals surface area contributed by atoms with Crippen LogP contribution in [-0.2, 0) is 4.74 Å². The summed E-state index contributed by atoms with van der Waals surface area (Å²) in [6, 6.07) is 0. The molecule has 114 valence electrons. The van der Waals surface area contributed by atoms with Gasteiger partial charge in [0.15, 0.2) is 5.96 Å². The molecule has 19 heavy (non-hydrogen) atoms. The summed E-state index contributed by atoms with van der Waals surface area (Å²) in [6.07, 6.45) is -5.02. The highest BCUT2D eigenvalue weighted by Gasteiger charge is 2.26. The fourth-order valence-electron chi connectivity index (χ4n) is 1.27. The van der Waals surface area contributed by atoms with Crippen molar-refractivity contribution in [2.75, 3.05) is 54.0 Å². The number of guanidine groups is 1. The lowest BCUT2D eigenvalue weighted by Crippen LogP contribution is -2.42. The third-order valence-corrected chi connectivity index (χ3v) is 2.39. The molecule has 2 N–H and O–H groups in total. The van der Waals surface area contributed by atoms with Crippen LogP contribution in [0.3, 0.4) is 0 Å². The Balaban J connectivity index is 3.71. The van der Waals surface area contributed by atoms with Crippen LogP contribution in [-0.4, -0.2) is 71.0 Å². The second-order valence-electron chi connectivity index (χ2n) is 4.09. The van der Waals surface area contributed by atoms with Gasteiger partial charge in [-0.1, -0.05) is 0 Å². The van der Waals surface area contributed by atoms with Crippen molar-refractivity contribution in [2.45, 2.75) is 12.6 Å². The molecule has 0 unspecified atom stereocenters. The molecule has 0 spiro atoms. The van der Waals surface area contributed by atoms with Crippen molar-refractivity contribution in [1.82, 2.24) is 15.5 Å². The van der Waals surface area contributed by atoms with Crippen molar-refractivity contribution >= 4 is 5.96 Å². The van der Waals surface area contributed by atoms with Gasteiger partial charge < -0.3 is 20.3 Å². The van der Waals surface area contributed by atoms with Crippen LogP contribution in [0, 0.1) is 0 Å². The lowest BCUT2D eigenvalue weighted by molar-refractivity contribution is -0.132. The first-order chi connectivity index (χ1) is 8.89. The van der Waals surface area contributed by atoms with Gasteiger partial charge in [0.1, 0.15) is 0 Å². The monoisotopic (exact) mass is 284 g/mol. The van der Waals surface area contributed by atoms with Crippen LogP contribution >= 0.6 is 0 Å². The molecule has 0 aliphatic carbocycles. The Hall–Kier alpha value is -1.02. The van der Waals surface area contributed by atoms with E-state index in [1.54, 1.807) is 7.11 Å². The largest absolute Gasteiger partial charge is 0.390 e. The zero-order valence-electron chi connectivity index (χ0n) is 11.7. The molecule has 0 saturated heterocycles. The average Bonchev–Trinajstić information content (AvgIpc) is 2.33. The first-order valence-corrected chi connectivity index (χ1v) is 6.08. The van der Waals surface area contributed by atoms with Crippen molar-refractivity contribution < 1.29 is 17.9 Å². The van der Waals surface area contributed by atoms with Gasteiger partial charge in [0, 0.05) is 40.3 Å². The number of likely N-dealkylation sites (N-methyl/N-ethyl adjacent to an activating group) is 1. The molecule has 0 saturated carbocycles. The number of ether oxygens (including phenoxy) is 1. The molecule has 0 aromatic carbocycles. The number of aliphatic imine (C=N–C) groups is 1. The maximum absolute atomic E-state index is 12.0. The number of nitrogens with one attached hydrogen (secondary N) is 2. The van der Waals surface area contributed by atoms with Gasteiger partial charge in [0.2, 0.25) is 0 Å². The van der Waals surface area contributed by atoms with Crippen LogP contribution < -0.4 is 10.6 Å². The van der Waals surface area contributed by atoms with Crippen LogP contribution in [0.4, 0.5) is 13.2 Å². The van der Waals surface area contributed by atoms with E-state index in [0.29, 0.717) is 19.1 Å².